The van der Waals surface area contributed by atoms with E-state index in [0.717, 1.165) is 55.3 Å². The lowest BCUT2D eigenvalue weighted by molar-refractivity contribution is 0.953. The van der Waals surface area contributed by atoms with Gasteiger partial charge >= 0.3 is 0 Å². The minimum absolute atomic E-state index is 0.584. The number of hydrogen-bond acceptors (Lipinski definition) is 3. The van der Waals surface area contributed by atoms with Crippen LogP contribution >= 0.6 is 0 Å². The van der Waals surface area contributed by atoms with Gasteiger partial charge in [-0.2, -0.15) is 9.97 Å². The highest BCUT2D eigenvalue weighted by Gasteiger charge is 2.22. The van der Waals surface area contributed by atoms with E-state index in [-0.39, 0.29) is 0 Å². The number of hydrogen-bond donors (Lipinski definition) is 0. The van der Waals surface area contributed by atoms with Gasteiger partial charge < -0.3 is 9.13 Å². The van der Waals surface area contributed by atoms with Crippen molar-refractivity contribution in [3.8, 4) is 40.1 Å². The van der Waals surface area contributed by atoms with Crippen LogP contribution in [0.15, 0.2) is 194 Å². The highest BCUT2D eigenvalue weighted by atomic mass is 15.2. The molecule has 0 radical (unpaired) electrons. The SMILES string of the molecule is c1ccc(-c2nc(-c3ccc(-n4c5ccccc5c5c4ccc4c6ccccc6n(-c6ccccc6)c45)cc3)nc(-n3c4ccccc4c4ccccc43)n2)cc1. The molecule has 0 saturated heterocycles. The highest BCUT2D eigenvalue weighted by Crippen LogP contribution is 2.42. The van der Waals surface area contributed by atoms with Gasteiger partial charge in [0, 0.05) is 54.8 Å². The van der Waals surface area contributed by atoms with Crippen LogP contribution in [0.3, 0.4) is 0 Å². The Hall–Kier alpha value is -7.83. The number of nitrogens with zero attached hydrogens (tertiary/aromatic N) is 6. The maximum atomic E-state index is 5.19. The Morgan fingerprint density at radius 3 is 1.35 bits per heavy atom. The molecule has 4 heterocycles. The topological polar surface area (TPSA) is 53.5 Å². The molecule has 0 bridgehead atoms. The van der Waals surface area contributed by atoms with Gasteiger partial charge in [0.25, 0.3) is 0 Å². The summed E-state index contributed by atoms with van der Waals surface area (Å²) in [6.45, 7) is 0. The average Bonchev–Trinajstić information content (AvgIpc) is 3.93. The summed E-state index contributed by atoms with van der Waals surface area (Å²) in [6.07, 6.45) is 0. The molecule has 6 heteroatoms. The average molecular weight is 729 g/mol. The summed E-state index contributed by atoms with van der Waals surface area (Å²) >= 11 is 0. The van der Waals surface area contributed by atoms with Gasteiger partial charge in [0.15, 0.2) is 11.6 Å². The molecule has 12 rings (SSSR count). The molecule has 4 aromatic heterocycles. The lowest BCUT2D eigenvalue weighted by Gasteiger charge is -2.12. The second kappa shape index (κ2) is 12.3. The van der Waals surface area contributed by atoms with Crippen molar-refractivity contribution < 1.29 is 0 Å². The molecule has 6 nitrogen and oxygen atoms in total. The van der Waals surface area contributed by atoms with Gasteiger partial charge in [0.05, 0.1) is 33.1 Å². The quantitative estimate of drug-likeness (QED) is 0.177. The third-order valence-electron chi connectivity index (χ3n) is 11.3. The minimum atomic E-state index is 0.584. The van der Waals surface area contributed by atoms with Gasteiger partial charge in [0.2, 0.25) is 5.95 Å². The molecule has 0 aliphatic rings. The molecule has 0 aliphatic heterocycles. The maximum absolute atomic E-state index is 5.19. The largest absolute Gasteiger partial charge is 0.309 e. The van der Waals surface area contributed by atoms with Crippen LogP contribution < -0.4 is 0 Å². The summed E-state index contributed by atoms with van der Waals surface area (Å²) < 4.78 is 6.96. The standard InChI is InChI=1S/C51H32N6/c1-3-15-33(16-4-1)49-52-50(54-51(53-49)57-43-24-12-7-19-37(43)38-20-8-13-25-44(38)57)34-27-29-36(30-28-34)55-45-26-14-10-22-41(45)47-46(55)32-31-40-39-21-9-11-23-42(39)56(48(40)47)35-17-5-2-6-18-35/h1-32H. The molecular weight excluding hydrogens is 697 g/mol. The third-order valence-corrected chi connectivity index (χ3v) is 11.3. The zero-order valence-electron chi connectivity index (χ0n) is 30.7. The highest BCUT2D eigenvalue weighted by molar-refractivity contribution is 6.26. The predicted molar refractivity (Wildman–Crippen MR) is 234 cm³/mol. The Balaban J connectivity index is 1.06. The molecule has 0 N–H and O–H groups in total. The van der Waals surface area contributed by atoms with Gasteiger partial charge in [-0.25, -0.2) is 4.98 Å². The van der Waals surface area contributed by atoms with E-state index in [4.69, 9.17) is 15.0 Å². The van der Waals surface area contributed by atoms with Crippen LogP contribution in [0.1, 0.15) is 0 Å². The minimum Gasteiger partial charge on any atom is -0.309 e. The van der Waals surface area contributed by atoms with Crippen LogP contribution in [0.4, 0.5) is 0 Å². The zero-order valence-corrected chi connectivity index (χ0v) is 30.7. The number of para-hydroxylation sites is 5. The maximum Gasteiger partial charge on any atom is 0.238 e. The van der Waals surface area contributed by atoms with Crippen molar-refractivity contribution >= 4 is 65.4 Å². The van der Waals surface area contributed by atoms with Gasteiger partial charge in [0.1, 0.15) is 0 Å². The molecule has 0 atom stereocenters. The van der Waals surface area contributed by atoms with Crippen molar-refractivity contribution in [2.75, 3.05) is 0 Å². The first kappa shape index (κ1) is 31.5. The molecule has 57 heavy (non-hydrogen) atoms. The summed E-state index contributed by atoms with van der Waals surface area (Å²) in [5.41, 5.74) is 10.9. The fraction of sp³-hybridized carbons (Fsp3) is 0. The van der Waals surface area contributed by atoms with E-state index in [1.807, 2.05) is 30.3 Å². The lowest BCUT2D eigenvalue weighted by atomic mass is 10.1. The smallest absolute Gasteiger partial charge is 0.238 e. The van der Waals surface area contributed by atoms with Crippen LogP contribution in [0.5, 0.6) is 0 Å². The van der Waals surface area contributed by atoms with E-state index < -0.39 is 0 Å². The zero-order chi connectivity index (χ0) is 37.5. The molecule has 0 amide bonds. The van der Waals surface area contributed by atoms with Crippen molar-refractivity contribution in [1.82, 2.24) is 28.7 Å². The summed E-state index contributed by atoms with van der Waals surface area (Å²) in [6, 6.07) is 68.4. The first-order valence-corrected chi connectivity index (χ1v) is 19.2. The summed E-state index contributed by atoms with van der Waals surface area (Å²) in [4.78, 5) is 15.4. The monoisotopic (exact) mass is 728 g/mol. The van der Waals surface area contributed by atoms with Crippen molar-refractivity contribution in [2.24, 2.45) is 0 Å². The molecule has 0 unspecified atom stereocenters. The van der Waals surface area contributed by atoms with Crippen molar-refractivity contribution in [3.05, 3.63) is 194 Å². The van der Waals surface area contributed by atoms with E-state index in [0.29, 0.717) is 17.6 Å². The summed E-state index contributed by atoms with van der Waals surface area (Å²) in [5, 5.41) is 7.24. The summed E-state index contributed by atoms with van der Waals surface area (Å²) in [7, 11) is 0. The molecule has 266 valence electrons. The number of aromatic nitrogens is 6. The number of fused-ring (bicyclic) bond motifs is 10. The van der Waals surface area contributed by atoms with Gasteiger partial charge in [-0.05, 0) is 66.7 Å². The van der Waals surface area contributed by atoms with E-state index in [1.54, 1.807) is 0 Å². The van der Waals surface area contributed by atoms with Crippen LogP contribution in [-0.2, 0) is 0 Å². The van der Waals surface area contributed by atoms with E-state index in [1.165, 1.54) is 32.6 Å². The van der Waals surface area contributed by atoms with Gasteiger partial charge in [-0.1, -0.05) is 127 Å². The van der Waals surface area contributed by atoms with E-state index in [2.05, 4.69) is 177 Å². The van der Waals surface area contributed by atoms with Crippen LogP contribution in [0, 0.1) is 0 Å². The van der Waals surface area contributed by atoms with Gasteiger partial charge in [-0.15, -0.1) is 0 Å². The summed E-state index contributed by atoms with van der Waals surface area (Å²) in [5.74, 6) is 1.82. The van der Waals surface area contributed by atoms with Crippen molar-refractivity contribution in [3.63, 3.8) is 0 Å². The Kier molecular flexibility index (Phi) is 6.83. The van der Waals surface area contributed by atoms with Crippen LogP contribution in [-0.4, -0.2) is 28.7 Å². The fourth-order valence-corrected chi connectivity index (χ4v) is 8.84. The number of rotatable bonds is 5. The molecule has 0 aliphatic carbocycles. The lowest BCUT2D eigenvalue weighted by Crippen LogP contribution is -2.06. The fourth-order valence-electron chi connectivity index (χ4n) is 8.84. The molecule has 0 fully saturated rings. The normalized spacial score (nSPS) is 11.9. The molecule has 0 saturated carbocycles. The van der Waals surface area contributed by atoms with Crippen molar-refractivity contribution in [2.45, 2.75) is 0 Å². The molecule has 12 aromatic rings. The second-order valence-electron chi connectivity index (χ2n) is 14.5. The predicted octanol–water partition coefficient (Wildman–Crippen LogP) is 12.5. The third kappa shape index (κ3) is 4.74. The first-order chi connectivity index (χ1) is 28.3. The molecule has 0 spiro atoms. The van der Waals surface area contributed by atoms with E-state index in [9.17, 15) is 0 Å². The van der Waals surface area contributed by atoms with Crippen LogP contribution in [0.25, 0.3) is 106 Å². The molecular formula is C51H32N6. The first-order valence-electron chi connectivity index (χ1n) is 19.2. The van der Waals surface area contributed by atoms with E-state index >= 15 is 0 Å². The Bertz CT molecular complexity index is 3450. The molecule has 8 aromatic carbocycles. The Morgan fingerprint density at radius 2 is 0.737 bits per heavy atom. The number of benzene rings is 8. The Morgan fingerprint density at radius 1 is 0.281 bits per heavy atom. The van der Waals surface area contributed by atoms with Crippen LogP contribution in [0.2, 0.25) is 0 Å². The second-order valence-corrected chi connectivity index (χ2v) is 14.5. The van der Waals surface area contributed by atoms with Gasteiger partial charge in [-0.3, -0.25) is 4.57 Å². The van der Waals surface area contributed by atoms with Crippen molar-refractivity contribution in [1.29, 1.82) is 0 Å². The Labute approximate surface area is 327 Å².